The van der Waals surface area contributed by atoms with Gasteiger partial charge in [0.1, 0.15) is 0 Å². The Balaban J connectivity index is 1.57. The van der Waals surface area contributed by atoms with E-state index in [0.717, 1.165) is 38.6 Å². The molecule has 2 rings (SSSR count). The first kappa shape index (κ1) is 11.6. The van der Waals surface area contributed by atoms with Crippen LogP contribution in [-0.2, 0) is 18.2 Å². The Labute approximate surface area is 97.0 Å². The minimum Gasteiger partial charge on any atom is -0.381 e. The zero-order chi connectivity index (χ0) is 11.2. The molecule has 1 N–H and O–H groups in total. The quantitative estimate of drug-likeness (QED) is 0.756. The smallest absolute Gasteiger partial charge is 0.0522 e. The number of nitrogens with one attached hydrogen (secondary N) is 1. The summed E-state index contributed by atoms with van der Waals surface area (Å²) < 4.78 is 7.19. The number of aryl methyl sites for hydroxylation is 1. The van der Waals surface area contributed by atoms with Gasteiger partial charge in [0.05, 0.1) is 6.20 Å². The van der Waals surface area contributed by atoms with Gasteiger partial charge in [-0.2, -0.15) is 5.10 Å². The fraction of sp³-hybridized carbons (Fsp3) is 0.750. The van der Waals surface area contributed by atoms with Gasteiger partial charge in [0.2, 0.25) is 0 Å². The van der Waals surface area contributed by atoms with E-state index in [4.69, 9.17) is 4.74 Å². The van der Waals surface area contributed by atoms with Gasteiger partial charge in [0, 0.05) is 26.5 Å². The van der Waals surface area contributed by atoms with Crippen molar-refractivity contribution in [2.24, 2.45) is 13.0 Å². The molecule has 2 heterocycles. The molecule has 4 nitrogen and oxygen atoms in total. The first-order valence-corrected chi connectivity index (χ1v) is 6.10. The molecule has 0 radical (unpaired) electrons. The first-order chi connectivity index (χ1) is 7.84. The van der Waals surface area contributed by atoms with E-state index >= 15 is 0 Å². The van der Waals surface area contributed by atoms with E-state index in [2.05, 4.69) is 16.6 Å². The lowest BCUT2D eigenvalue weighted by atomic mass is 10.0. The lowest BCUT2D eigenvalue weighted by Gasteiger charge is -2.22. The fourth-order valence-corrected chi connectivity index (χ4v) is 2.09. The van der Waals surface area contributed by atoms with E-state index in [0.29, 0.717) is 0 Å². The third-order valence-electron chi connectivity index (χ3n) is 3.12. The van der Waals surface area contributed by atoms with E-state index in [1.807, 2.05) is 17.9 Å². The summed E-state index contributed by atoms with van der Waals surface area (Å²) in [5.41, 5.74) is 1.31. The SMILES string of the molecule is Cn1cc(CCNCC2CCOCC2)cn1. The monoisotopic (exact) mass is 223 g/mol. The van der Waals surface area contributed by atoms with E-state index in [1.54, 1.807) is 0 Å². The van der Waals surface area contributed by atoms with Gasteiger partial charge in [0.15, 0.2) is 0 Å². The number of nitrogens with zero attached hydrogens (tertiary/aromatic N) is 2. The molecule has 0 bridgehead atoms. The second-order valence-electron chi connectivity index (χ2n) is 4.53. The maximum absolute atomic E-state index is 5.34. The van der Waals surface area contributed by atoms with Gasteiger partial charge in [-0.1, -0.05) is 0 Å². The summed E-state index contributed by atoms with van der Waals surface area (Å²) in [7, 11) is 1.96. The second kappa shape index (κ2) is 6.01. The molecule has 0 aromatic carbocycles. The summed E-state index contributed by atoms with van der Waals surface area (Å²) in [5.74, 6) is 0.808. The molecule has 0 amide bonds. The van der Waals surface area contributed by atoms with E-state index in [-0.39, 0.29) is 0 Å². The third kappa shape index (κ3) is 3.61. The Kier molecular flexibility index (Phi) is 4.36. The van der Waals surface area contributed by atoms with Crippen molar-refractivity contribution in [2.45, 2.75) is 19.3 Å². The molecule has 0 atom stereocenters. The van der Waals surface area contributed by atoms with Gasteiger partial charge in [-0.25, -0.2) is 0 Å². The van der Waals surface area contributed by atoms with Crippen LogP contribution in [0.3, 0.4) is 0 Å². The van der Waals surface area contributed by atoms with Crippen molar-refractivity contribution in [3.63, 3.8) is 0 Å². The second-order valence-corrected chi connectivity index (χ2v) is 4.53. The average molecular weight is 223 g/mol. The lowest BCUT2D eigenvalue weighted by Crippen LogP contribution is -2.29. The maximum Gasteiger partial charge on any atom is 0.0522 e. The molecule has 16 heavy (non-hydrogen) atoms. The normalized spacial score (nSPS) is 17.8. The number of hydrogen-bond donors (Lipinski definition) is 1. The van der Waals surface area contributed by atoms with Gasteiger partial charge in [-0.15, -0.1) is 0 Å². The highest BCUT2D eigenvalue weighted by molar-refractivity contribution is 5.03. The van der Waals surface area contributed by atoms with E-state index < -0.39 is 0 Å². The molecule has 1 aromatic heterocycles. The summed E-state index contributed by atoms with van der Waals surface area (Å²) in [6.07, 6.45) is 7.50. The molecule has 0 unspecified atom stereocenters. The number of hydrogen-bond acceptors (Lipinski definition) is 3. The Hall–Kier alpha value is -0.870. The summed E-state index contributed by atoms with van der Waals surface area (Å²) in [6, 6.07) is 0. The van der Waals surface area contributed by atoms with Gasteiger partial charge in [-0.05, 0) is 43.8 Å². The largest absolute Gasteiger partial charge is 0.381 e. The van der Waals surface area contributed by atoms with Crippen LogP contribution in [0.1, 0.15) is 18.4 Å². The van der Waals surface area contributed by atoms with Crippen LogP contribution < -0.4 is 5.32 Å². The molecule has 90 valence electrons. The van der Waals surface area contributed by atoms with Crippen LogP contribution in [0.2, 0.25) is 0 Å². The van der Waals surface area contributed by atoms with Crippen molar-refractivity contribution >= 4 is 0 Å². The van der Waals surface area contributed by atoms with Crippen molar-refractivity contribution in [3.05, 3.63) is 18.0 Å². The Morgan fingerprint density at radius 2 is 2.31 bits per heavy atom. The van der Waals surface area contributed by atoms with Gasteiger partial charge >= 0.3 is 0 Å². The Morgan fingerprint density at radius 3 is 3.00 bits per heavy atom. The van der Waals surface area contributed by atoms with Crippen LogP contribution in [0.5, 0.6) is 0 Å². The standard InChI is InChI=1S/C12H21N3O/c1-15-10-12(9-14-15)2-5-13-8-11-3-6-16-7-4-11/h9-11,13H,2-8H2,1H3. The number of rotatable bonds is 5. The zero-order valence-corrected chi connectivity index (χ0v) is 9.98. The topological polar surface area (TPSA) is 39.1 Å². The van der Waals surface area contributed by atoms with Crippen molar-refractivity contribution in [1.29, 1.82) is 0 Å². The fourth-order valence-electron chi connectivity index (χ4n) is 2.09. The molecule has 0 spiro atoms. The van der Waals surface area contributed by atoms with Gasteiger partial charge in [-0.3, -0.25) is 4.68 Å². The minimum atomic E-state index is 0.808. The van der Waals surface area contributed by atoms with Crippen molar-refractivity contribution in [2.75, 3.05) is 26.3 Å². The molecule has 1 aromatic rings. The minimum absolute atomic E-state index is 0.808. The predicted octanol–water partition coefficient (Wildman–Crippen LogP) is 0.979. The molecule has 1 fully saturated rings. The average Bonchev–Trinajstić information content (AvgIpc) is 2.72. The van der Waals surface area contributed by atoms with Crippen LogP contribution in [0, 0.1) is 5.92 Å². The Bertz CT molecular complexity index is 305. The molecule has 1 aliphatic heterocycles. The van der Waals surface area contributed by atoms with Crippen LogP contribution >= 0.6 is 0 Å². The van der Waals surface area contributed by atoms with Crippen molar-refractivity contribution < 1.29 is 4.74 Å². The highest BCUT2D eigenvalue weighted by atomic mass is 16.5. The molecular weight excluding hydrogens is 202 g/mol. The van der Waals surface area contributed by atoms with Crippen molar-refractivity contribution in [3.8, 4) is 0 Å². The predicted molar refractivity (Wildman–Crippen MR) is 63.3 cm³/mol. The van der Waals surface area contributed by atoms with Gasteiger partial charge < -0.3 is 10.1 Å². The first-order valence-electron chi connectivity index (χ1n) is 6.10. The zero-order valence-electron chi connectivity index (χ0n) is 9.98. The highest BCUT2D eigenvalue weighted by Crippen LogP contribution is 2.12. The van der Waals surface area contributed by atoms with E-state index in [9.17, 15) is 0 Å². The molecule has 1 aliphatic rings. The number of aromatic nitrogens is 2. The van der Waals surface area contributed by atoms with Crippen LogP contribution in [-0.4, -0.2) is 36.1 Å². The summed E-state index contributed by atoms with van der Waals surface area (Å²) >= 11 is 0. The van der Waals surface area contributed by atoms with E-state index in [1.165, 1.54) is 18.4 Å². The molecule has 0 aliphatic carbocycles. The maximum atomic E-state index is 5.34. The van der Waals surface area contributed by atoms with Crippen molar-refractivity contribution in [1.82, 2.24) is 15.1 Å². The van der Waals surface area contributed by atoms with Crippen LogP contribution in [0.25, 0.3) is 0 Å². The van der Waals surface area contributed by atoms with Crippen LogP contribution in [0.4, 0.5) is 0 Å². The van der Waals surface area contributed by atoms with Crippen LogP contribution in [0.15, 0.2) is 12.4 Å². The summed E-state index contributed by atoms with van der Waals surface area (Å²) in [6.45, 7) is 4.05. The Morgan fingerprint density at radius 1 is 1.50 bits per heavy atom. The molecule has 1 saturated heterocycles. The third-order valence-corrected chi connectivity index (χ3v) is 3.12. The summed E-state index contributed by atoms with van der Waals surface area (Å²) in [5, 5.41) is 7.68. The number of ether oxygens (including phenoxy) is 1. The molecule has 0 saturated carbocycles. The molecular formula is C12H21N3O. The molecule has 4 heteroatoms. The summed E-state index contributed by atoms with van der Waals surface area (Å²) in [4.78, 5) is 0. The highest BCUT2D eigenvalue weighted by Gasteiger charge is 2.12. The lowest BCUT2D eigenvalue weighted by molar-refractivity contribution is 0.0664. The van der Waals surface area contributed by atoms with Gasteiger partial charge in [0.25, 0.3) is 0 Å².